The zero-order valence-electron chi connectivity index (χ0n) is 17.4. The predicted octanol–water partition coefficient (Wildman–Crippen LogP) is 5.62. The SMILES string of the molecule is CC(=O)N[C@H]1CC(C)N(Cc2ccc(Oc3nc4c(Cl)cccc4s3)cc2)[C@@H](C)C1. The van der Waals surface area contributed by atoms with Crippen LogP contribution in [-0.2, 0) is 11.3 Å². The largest absolute Gasteiger partial charge is 0.431 e. The number of nitrogens with zero attached hydrogens (tertiary/aromatic N) is 2. The highest BCUT2D eigenvalue weighted by Crippen LogP contribution is 2.34. The number of halogens is 1. The number of hydrogen-bond donors (Lipinski definition) is 1. The number of hydrogen-bond acceptors (Lipinski definition) is 5. The monoisotopic (exact) mass is 443 g/mol. The molecule has 158 valence electrons. The van der Waals surface area contributed by atoms with Crippen LogP contribution in [0.2, 0.25) is 5.02 Å². The summed E-state index contributed by atoms with van der Waals surface area (Å²) in [5.41, 5.74) is 2.02. The number of para-hydroxylation sites is 1. The predicted molar refractivity (Wildman–Crippen MR) is 122 cm³/mol. The number of thiazole rings is 1. The summed E-state index contributed by atoms with van der Waals surface area (Å²) in [6, 6.07) is 15.0. The van der Waals surface area contributed by atoms with Gasteiger partial charge in [0.1, 0.15) is 11.3 Å². The highest BCUT2D eigenvalue weighted by atomic mass is 35.5. The molecule has 1 N–H and O–H groups in total. The van der Waals surface area contributed by atoms with Crippen molar-refractivity contribution in [2.45, 2.75) is 58.3 Å². The first-order valence-electron chi connectivity index (χ1n) is 10.2. The Labute approximate surface area is 186 Å². The molecule has 1 aliphatic heterocycles. The van der Waals surface area contributed by atoms with E-state index in [2.05, 4.69) is 41.2 Å². The molecule has 1 fully saturated rings. The molecule has 1 unspecified atom stereocenters. The fourth-order valence-corrected chi connectivity index (χ4v) is 5.39. The van der Waals surface area contributed by atoms with Crippen LogP contribution in [0.15, 0.2) is 42.5 Å². The minimum Gasteiger partial charge on any atom is -0.431 e. The second-order valence-corrected chi connectivity index (χ2v) is 9.45. The van der Waals surface area contributed by atoms with Gasteiger partial charge >= 0.3 is 0 Å². The van der Waals surface area contributed by atoms with E-state index in [4.69, 9.17) is 16.3 Å². The number of rotatable bonds is 5. The standard InChI is InChI=1S/C23H26ClN3O2S/c1-14-11-18(25-16(3)28)12-15(2)27(14)13-17-7-9-19(10-8-17)29-23-26-22-20(24)5-4-6-21(22)30-23/h4-10,14-15,18H,11-13H2,1-3H3,(H,25,28)/t14-,15?,18+/m0/s1. The van der Waals surface area contributed by atoms with Gasteiger partial charge in [0.15, 0.2) is 0 Å². The molecule has 1 saturated heterocycles. The van der Waals surface area contributed by atoms with Gasteiger partial charge in [-0.2, -0.15) is 0 Å². The molecule has 4 rings (SSSR count). The van der Waals surface area contributed by atoms with Crippen molar-refractivity contribution in [2.24, 2.45) is 0 Å². The van der Waals surface area contributed by atoms with Crippen molar-refractivity contribution in [1.82, 2.24) is 15.2 Å². The Hall–Kier alpha value is -2.15. The van der Waals surface area contributed by atoms with Crippen molar-refractivity contribution < 1.29 is 9.53 Å². The maximum absolute atomic E-state index is 11.4. The molecule has 3 aromatic rings. The van der Waals surface area contributed by atoms with Gasteiger partial charge in [-0.1, -0.05) is 41.1 Å². The summed E-state index contributed by atoms with van der Waals surface area (Å²) in [6.07, 6.45) is 1.95. The maximum Gasteiger partial charge on any atom is 0.279 e. The van der Waals surface area contributed by atoms with Gasteiger partial charge in [0, 0.05) is 31.6 Å². The maximum atomic E-state index is 11.4. The smallest absolute Gasteiger partial charge is 0.279 e. The third-order valence-electron chi connectivity index (χ3n) is 5.63. The molecule has 0 spiro atoms. The van der Waals surface area contributed by atoms with Crippen LogP contribution in [0.5, 0.6) is 10.9 Å². The summed E-state index contributed by atoms with van der Waals surface area (Å²) in [7, 11) is 0. The summed E-state index contributed by atoms with van der Waals surface area (Å²) in [6.45, 7) is 6.95. The van der Waals surface area contributed by atoms with Gasteiger partial charge < -0.3 is 10.1 Å². The Kier molecular flexibility index (Phi) is 6.27. The molecule has 2 heterocycles. The van der Waals surface area contributed by atoms with Crippen LogP contribution in [0.3, 0.4) is 0 Å². The fraction of sp³-hybridized carbons (Fsp3) is 0.391. The van der Waals surface area contributed by atoms with Crippen LogP contribution in [0, 0.1) is 0 Å². The summed E-state index contributed by atoms with van der Waals surface area (Å²) in [5.74, 6) is 0.818. The van der Waals surface area contributed by atoms with Crippen molar-refractivity contribution >= 4 is 39.1 Å². The quantitative estimate of drug-likeness (QED) is 0.556. The average Bonchev–Trinajstić information content (AvgIpc) is 3.09. The van der Waals surface area contributed by atoms with Crippen molar-refractivity contribution in [3.05, 3.63) is 53.1 Å². The number of amides is 1. The van der Waals surface area contributed by atoms with Crippen molar-refractivity contribution in [3.63, 3.8) is 0 Å². The number of carbonyl (C=O) groups is 1. The molecular formula is C23H26ClN3O2S. The Morgan fingerprint density at radius 1 is 1.20 bits per heavy atom. The highest BCUT2D eigenvalue weighted by Gasteiger charge is 2.31. The van der Waals surface area contributed by atoms with Crippen LogP contribution in [0.25, 0.3) is 10.2 Å². The third kappa shape index (κ3) is 4.77. The van der Waals surface area contributed by atoms with Gasteiger partial charge in [-0.25, -0.2) is 4.98 Å². The zero-order chi connectivity index (χ0) is 21.3. The van der Waals surface area contributed by atoms with E-state index in [0.717, 1.165) is 35.4 Å². The number of piperidine rings is 1. The van der Waals surface area contributed by atoms with E-state index in [1.165, 1.54) is 16.9 Å². The molecule has 0 saturated carbocycles. The molecule has 1 amide bonds. The Morgan fingerprint density at radius 3 is 2.53 bits per heavy atom. The van der Waals surface area contributed by atoms with Gasteiger partial charge in [-0.05, 0) is 56.5 Å². The molecule has 1 aromatic heterocycles. The Morgan fingerprint density at radius 2 is 1.90 bits per heavy atom. The van der Waals surface area contributed by atoms with Crippen LogP contribution in [-0.4, -0.2) is 33.9 Å². The number of fused-ring (bicyclic) bond motifs is 1. The van der Waals surface area contributed by atoms with Crippen LogP contribution in [0.1, 0.15) is 39.2 Å². The number of carbonyl (C=O) groups excluding carboxylic acids is 1. The summed E-state index contributed by atoms with van der Waals surface area (Å²) < 4.78 is 6.97. The number of ether oxygens (including phenoxy) is 1. The zero-order valence-corrected chi connectivity index (χ0v) is 19.0. The third-order valence-corrected chi connectivity index (χ3v) is 6.84. The van der Waals surface area contributed by atoms with Gasteiger partial charge in [0.2, 0.25) is 5.91 Å². The minimum atomic E-state index is 0.0545. The lowest BCUT2D eigenvalue weighted by Crippen LogP contribution is -2.52. The first-order chi connectivity index (χ1) is 14.4. The molecule has 0 bridgehead atoms. The van der Waals surface area contributed by atoms with E-state index in [-0.39, 0.29) is 11.9 Å². The Balaban J connectivity index is 1.39. The molecular weight excluding hydrogens is 418 g/mol. The summed E-state index contributed by atoms with van der Waals surface area (Å²) in [4.78, 5) is 18.4. The minimum absolute atomic E-state index is 0.0545. The average molecular weight is 444 g/mol. The number of likely N-dealkylation sites (tertiary alicyclic amines) is 1. The summed E-state index contributed by atoms with van der Waals surface area (Å²) >= 11 is 7.70. The molecule has 3 atom stereocenters. The Bertz CT molecular complexity index is 1020. The first-order valence-corrected chi connectivity index (χ1v) is 11.4. The van der Waals surface area contributed by atoms with Gasteiger partial charge in [-0.15, -0.1) is 0 Å². The van der Waals surface area contributed by atoms with E-state index < -0.39 is 0 Å². The van der Waals surface area contributed by atoms with E-state index >= 15 is 0 Å². The van der Waals surface area contributed by atoms with E-state index in [1.807, 2.05) is 30.3 Å². The molecule has 5 nitrogen and oxygen atoms in total. The summed E-state index contributed by atoms with van der Waals surface area (Å²) in [5, 5.41) is 4.30. The second kappa shape index (κ2) is 8.92. The second-order valence-electron chi connectivity index (χ2n) is 8.05. The van der Waals surface area contributed by atoms with Crippen LogP contribution >= 0.6 is 22.9 Å². The highest BCUT2D eigenvalue weighted by molar-refractivity contribution is 7.20. The first kappa shape index (κ1) is 21.1. The molecule has 7 heteroatoms. The number of benzene rings is 2. The van der Waals surface area contributed by atoms with E-state index in [1.54, 1.807) is 6.92 Å². The van der Waals surface area contributed by atoms with Gasteiger partial charge in [0.05, 0.1) is 9.72 Å². The number of aromatic nitrogens is 1. The molecule has 1 aliphatic rings. The molecule has 0 aliphatic carbocycles. The fourth-order valence-electron chi connectivity index (χ4n) is 4.25. The van der Waals surface area contributed by atoms with Gasteiger partial charge in [0.25, 0.3) is 5.19 Å². The van der Waals surface area contributed by atoms with Crippen LogP contribution in [0.4, 0.5) is 0 Å². The lowest BCUT2D eigenvalue weighted by Gasteiger charge is -2.42. The number of nitrogens with one attached hydrogen (secondary N) is 1. The normalized spacial score (nSPS) is 22.2. The van der Waals surface area contributed by atoms with Gasteiger partial charge in [-0.3, -0.25) is 9.69 Å². The van der Waals surface area contributed by atoms with E-state index in [0.29, 0.717) is 22.3 Å². The molecule has 0 radical (unpaired) electrons. The van der Waals surface area contributed by atoms with Crippen molar-refractivity contribution in [3.8, 4) is 10.9 Å². The lowest BCUT2D eigenvalue weighted by molar-refractivity contribution is -0.120. The molecule has 2 aromatic carbocycles. The van der Waals surface area contributed by atoms with Crippen LogP contribution < -0.4 is 10.1 Å². The van der Waals surface area contributed by atoms with E-state index in [9.17, 15) is 4.79 Å². The van der Waals surface area contributed by atoms with Crippen molar-refractivity contribution in [2.75, 3.05) is 0 Å². The molecule has 30 heavy (non-hydrogen) atoms. The topological polar surface area (TPSA) is 54.5 Å². The lowest BCUT2D eigenvalue weighted by atomic mass is 9.92. The van der Waals surface area contributed by atoms with Crippen molar-refractivity contribution in [1.29, 1.82) is 0 Å².